The van der Waals surface area contributed by atoms with Gasteiger partial charge in [0.1, 0.15) is 6.54 Å². The Kier molecular flexibility index (Phi) is 3.77. The Bertz CT molecular complexity index is 216. The first kappa shape index (κ1) is 9.23. The molecule has 1 aromatic rings. The standard InChI is InChI=1S/C10H16N2/c1-2-12-8-10-5-3-9(7-11)4-6-10/h3-6,12H,2,7-8,11H2,1H3/p+1. The molecule has 12 heavy (non-hydrogen) atoms. The molecule has 0 aliphatic carbocycles. The largest absolute Gasteiger partial charge is 0.343 e. The molecule has 1 rings (SSSR count). The van der Waals surface area contributed by atoms with Gasteiger partial charge in [0, 0.05) is 12.1 Å². The first-order chi connectivity index (χ1) is 5.86. The van der Waals surface area contributed by atoms with Crippen molar-refractivity contribution in [2.45, 2.75) is 20.0 Å². The van der Waals surface area contributed by atoms with Crippen molar-refractivity contribution in [2.24, 2.45) is 5.73 Å². The summed E-state index contributed by atoms with van der Waals surface area (Å²) in [4.78, 5) is 0. The number of hydrogen-bond donors (Lipinski definition) is 2. The van der Waals surface area contributed by atoms with Crippen LogP contribution in [-0.4, -0.2) is 6.54 Å². The molecule has 0 radical (unpaired) electrons. The van der Waals surface area contributed by atoms with Gasteiger partial charge in [0.25, 0.3) is 0 Å². The van der Waals surface area contributed by atoms with Crippen LogP contribution < -0.4 is 11.1 Å². The Morgan fingerprint density at radius 2 is 1.75 bits per heavy atom. The highest BCUT2D eigenvalue weighted by atomic mass is 14.8. The molecule has 0 unspecified atom stereocenters. The maximum Gasteiger partial charge on any atom is 0.101 e. The number of quaternary nitrogens is 1. The van der Waals surface area contributed by atoms with Gasteiger partial charge in [-0.15, -0.1) is 0 Å². The van der Waals surface area contributed by atoms with Crippen molar-refractivity contribution in [2.75, 3.05) is 6.54 Å². The fourth-order valence-electron chi connectivity index (χ4n) is 1.12. The molecule has 2 heteroatoms. The van der Waals surface area contributed by atoms with Crippen LogP contribution in [0.4, 0.5) is 0 Å². The molecular weight excluding hydrogens is 148 g/mol. The second kappa shape index (κ2) is 4.91. The fraction of sp³-hybridized carbons (Fsp3) is 0.400. The normalized spacial score (nSPS) is 10.2. The van der Waals surface area contributed by atoms with Crippen molar-refractivity contribution in [1.82, 2.24) is 0 Å². The van der Waals surface area contributed by atoms with Crippen LogP contribution in [-0.2, 0) is 13.1 Å². The van der Waals surface area contributed by atoms with Gasteiger partial charge in [-0.1, -0.05) is 24.3 Å². The summed E-state index contributed by atoms with van der Waals surface area (Å²) in [5.41, 5.74) is 8.07. The molecule has 0 heterocycles. The summed E-state index contributed by atoms with van der Waals surface area (Å²) in [5.74, 6) is 0. The third-order valence-electron chi connectivity index (χ3n) is 1.93. The third-order valence-corrected chi connectivity index (χ3v) is 1.93. The van der Waals surface area contributed by atoms with E-state index in [-0.39, 0.29) is 0 Å². The van der Waals surface area contributed by atoms with Crippen molar-refractivity contribution in [3.05, 3.63) is 35.4 Å². The molecule has 0 aliphatic rings. The maximum atomic E-state index is 5.49. The summed E-state index contributed by atoms with van der Waals surface area (Å²) in [7, 11) is 0. The number of nitrogens with two attached hydrogens (primary N) is 2. The van der Waals surface area contributed by atoms with Crippen LogP contribution in [0.25, 0.3) is 0 Å². The highest BCUT2D eigenvalue weighted by molar-refractivity contribution is 5.21. The summed E-state index contributed by atoms with van der Waals surface area (Å²) >= 11 is 0. The van der Waals surface area contributed by atoms with Crippen molar-refractivity contribution >= 4 is 0 Å². The Hall–Kier alpha value is -0.860. The van der Waals surface area contributed by atoms with Crippen molar-refractivity contribution in [3.63, 3.8) is 0 Å². The predicted octanol–water partition coefficient (Wildman–Crippen LogP) is 0.229. The molecule has 0 saturated carbocycles. The van der Waals surface area contributed by atoms with Crippen molar-refractivity contribution in [1.29, 1.82) is 0 Å². The van der Waals surface area contributed by atoms with Crippen LogP contribution >= 0.6 is 0 Å². The van der Waals surface area contributed by atoms with Crippen LogP contribution in [0, 0.1) is 0 Å². The Morgan fingerprint density at radius 3 is 2.25 bits per heavy atom. The van der Waals surface area contributed by atoms with Crippen molar-refractivity contribution in [3.8, 4) is 0 Å². The molecule has 4 N–H and O–H groups in total. The van der Waals surface area contributed by atoms with E-state index in [4.69, 9.17) is 5.73 Å². The van der Waals surface area contributed by atoms with E-state index in [0.717, 1.165) is 13.1 Å². The van der Waals surface area contributed by atoms with E-state index >= 15 is 0 Å². The Balaban J connectivity index is 2.53. The van der Waals surface area contributed by atoms with Crippen LogP contribution in [0.5, 0.6) is 0 Å². The number of rotatable bonds is 4. The molecule has 0 amide bonds. The molecule has 1 aromatic carbocycles. The van der Waals surface area contributed by atoms with Gasteiger partial charge in [-0.2, -0.15) is 0 Å². The lowest BCUT2D eigenvalue weighted by atomic mass is 10.1. The van der Waals surface area contributed by atoms with E-state index in [1.165, 1.54) is 11.1 Å². The van der Waals surface area contributed by atoms with E-state index in [1.54, 1.807) is 0 Å². The molecular formula is C10H17N2+. The fourth-order valence-corrected chi connectivity index (χ4v) is 1.12. The zero-order chi connectivity index (χ0) is 8.81. The predicted molar refractivity (Wildman–Crippen MR) is 50.5 cm³/mol. The van der Waals surface area contributed by atoms with Gasteiger partial charge in [0.15, 0.2) is 0 Å². The van der Waals surface area contributed by atoms with Crippen LogP contribution in [0.2, 0.25) is 0 Å². The lowest BCUT2D eigenvalue weighted by Crippen LogP contribution is -2.81. The minimum absolute atomic E-state index is 0.637. The van der Waals surface area contributed by atoms with Crippen LogP contribution in [0.1, 0.15) is 18.1 Å². The quantitative estimate of drug-likeness (QED) is 0.659. The molecule has 0 atom stereocenters. The molecule has 66 valence electrons. The zero-order valence-electron chi connectivity index (χ0n) is 7.59. The van der Waals surface area contributed by atoms with E-state index in [0.29, 0.717) is 6.54 Å². The molecule has 2 nitrogen and oxygen atoms in total. The van der Waals surface area contributed by atoms with E-state index < -0.39 is 0 Å². The van der Waals surface area contributed by atoms with Gasteiger partial charge in [0.2, 0.25) is 0 Å². The second-order valence-electron chi connectivity index (χ2n) is 2.92. The van der Waals surface area contributed by atoms with Crippen LogP contribution in [0.15, 0.2) is 24.3 Å². The summed E-state index contributed by atoms with van der Waals surface area (Å²) in [5, 5.41) is 2.28. The summed E-state index contributed by atoms with van der Waals surface area (Å²) in [6.45, 7) is 5.01. The van der Waals surface area contributed by atoms with Gasteiger partial charge in [-0.25, -0.2) is 0 Å². The number of hydrogen-bond acceptors (Lipinski definition) is 1. The molecule has 0 aromatic heterocycles. The smallest absolute Gasteiger partial charge is 0.101 e. The molecule has 0 fully saturated rings. The van der Waals surface area contributed by atoms with Crippen molar-refractivity contribution < 1.29 is 5.32 Å². The highest BCUT2D eigenvalue weighted by Crippen LogP contribution is 2.01. The van der Waals surface area contributed by atoms with E-state index in [2.05, 4.69) is 36.5 Å². The highest BCUT2D eigenvalue weighted by Gasteiger charge is 1.93. The molecule has 0 spiro atoms. The van der Waals surface area contributed by atoms with Gasteiger partial charge in [-0.3, -0.25) is 0 Å². The second-order valence-corrected chi connectivity index (χ2v) is 2.92. The lowest BCUT2D eigenvalue weighted by molar-refractivity contribution is -0.667. The third kappa shape index (κ3) is 2.64. The van der Waals surface area contributed by atoms with Crippen LogP contribution in [0.3, 0.4) is 0 Å². The SMILES string of the molecule is CC[NH2+]Cc1ccc(CN)cc1. The van der Waals surface area contributed by atoms with Gasteiger partial charge < -0.3 is 11.1 Å². The lowest BCUT2D eigenvalue weighted by Gasteiger charge is -2.00. The summed E-state index contributed by atoms with van der Waals surface area (Å²) in [6.07, 6.45) is 0. The van der Waals surface area contributed by atoms with E-state index in [9.17, 15) is 0 Å². The van der Waals surface area contributed by atoms with Gasteiger partial charge in [-0.05, 0) is 12.5 Å². The monoisotopic (exact) mass is 165 g/mol. The first-order valence-corrected chi connectivity index (χ1v) is 4.46. The van der Waals surface area contributed by atoms with Gasteiger partial charge in [0.05, 0.1) is 6.54 Å². The average Bonchev–Trinajstić information content (AvgIpc) is 2.15. The molecule has 0 saturated heterocycles. The average molecular weight is 165 g/mol. The summed E-state index contributed by atoms with van der Waals surface area (Å²) in [6, 6.07) is 8.49. The molecule has 0 bridgehead atoms. The Morgan fingerprint density at radius 1 is 1.17 bits per heavy atom. The minimum Gasteiger partial charge on any atom is -0.343 e. The summed E-state index contributed by atoms with van der Waals surface area (Å²) < 4.78 is 0. The molecule has 0 aliphatic heterocycles. The topological polar surface area (TPSA) is 42.6 Å². The van der Waals surface area contributed by atoms with Gasteiger partial charge >= 0.3 is 0 Å². The maximum absolute atomic E-state index is 5.49. The Labute approximate surface area is 73.8 Å². The number of benzene rings is 1. The minimum atomic E-state index is 0.637. The zero-order valence-corrected chi connectivity index (χ0v) is 7.59. The van der Waals surface area contributed by atoms with E-state index in [1.807, 2.05) is 0 Å². The first-order valence-electron chi connectivity index (χ1n) is 4.46.